The highest BCUT2D eigenvalue weighted by Crippen LogP contribution is 2.20. The third-order valence-electron chi connectivity index (χ3n) is 4.22. The Balaban J connectivity index is 2.39. The Morgan fingerprint density at radius 1 is 1.05 bits per heavy atom. The van der Waals surface area contributed by atoms with Crippen molar-refractivity contribution in [1.29, 1.82) is 0 Å². The van der Waals surface area contributed by atoms with Crippen molar-refractivity contribution in [2.24, 2.45) is 5.10 Å². The lowest BCUT2D eigenvalue weighted by molar-refractivity contribution is 0.785. The fraction of sp³-hybridized carbons (Fsp3) is 0.450. The van der Waals surface area contributed by atoms with Gasteiger partial charge in [-0.1, -0.05) is 38.0 Å². The summed E-state index contributed by atoms with van der Waals surface area (Å²) in [6.45, 7) is 10.9. The summed E-state index contributed by atoms with van der Waals surface area (Å²) >= 11 is 0. The van der Waals surface area contributed by atoms with Crippen LogP contribution in [0.15, 0.2) is 29.4 Å². The Hall–Kier alpha value is -1.83. The van der Waals surface area contributed by atoms with Crippen molar-refractivity contribution in [2.45, 2.75) is 60.3 Å². The number of hydrogen-bond acceptors (Lipinski definition) is 1. The molecule has 2 aromatic rings. The predicted octanol–water partition coefficient (Wildman–Crippen LogP) is 5.20. The first-order valence-electron chi connectivity index (χ1n) is 8.38. The van der Waals surface area contributed by atoms with E-state index in [2.05, 4.69) is 58.9 Å². The fourth-order valence-corrected chi connectivity index (χ4v) is 3.02. The molecule has 0 aliphatic heterocycles. The second kappa shape index (κ2) is 7.44. The van der Waals surface area contributed by atoms with Gasteiger partial charge in [-0.05, 0) is 68.9 Å². The Kier molecular flexibility index (Phi) is 5.59. The molecule has 1 heterocycles. The Labute approximate surface area is 134 Å². The highest BCUT2D eigenvalue weighted by atomic mass is 15.3. The van der Waals surface area contributed by atoms with Gasteiger partial charge in [-0.15, -0.1) is 0 Å². The first-order valence-corrected chi connectivity index (χ1v) is 8.38. The molecule has 0 atom stereocenters. The highest BCUT2D eigenvalue weighted by Gasteiger charge is 2.07. The summed E-state index contributed by atoms with van der Waals surface area (Å²) in [6.07, 6.45) is 6.75. The van der Waals surface area contributed by atoms with Crippen LogP contribution in [0.25, 0.3) is 0 Å². The minimum absolute atomic E-state index is 1.06. The maximum absolute atomic E-state index is 4.70. The SMILES string of the molecule is CCCCc1cc(C)cc(/C=N/n2c(C)ccc2C)c1CC. The number of benzene rings is 1. The maximum Gasteiger partial charge on any atom is 0.0554 e. The summed E-state index contributed by atoms with van der Waals surface area (Å²) in [4.78, 5) is 0. The number of nitrogens with zero attached hydrogens (tertiary/aromatic N) is 2. The molecule has 0 amide bonds. The van der Waals surface area contributed by atoms with Crippen LogP contribution >= 0.6 is 0 Å². The van der Waals surface area contributed by atoms with Gasteiger partial charge >= 0.3 is 0 Å². The van der Waals surface area contributed by atoms with Gasteiger partial charge in [0, 0.05) is 11.4 Å². The largest absolute Gasteiger partial charge is 0.243 e. The molecule has 0 fully saturated rings. The van der Waals surface area contributed by atoms with E-state index in [-0.39, 0.29) is 0 Å². The average molecular weight is 296 g/mol. The van der Waals surface area contributed by atoms with Gasteiger partial charge in [-0.25, -0.2) is 4.68 Å². The van der Waals surface area contributed by atoms with Crippen molar-refractivity contribution in [1.82, 2.24) is 4.68 Å². The van der Waals surface area contributed by atoms with Crippen LogP contribution in [0.5, 0.6) is 0 Å². The molecule has 2 heteroatoms. The molecular weight excluding hydrogens is 268 g/mol. The summed E-state index contributed by atoms with van der Waals surface area (Å²) in [7, 11) is 0. The average Bonchev–Trinajstić information content (AvgIpc) is 2.81. The number of unbranched alkanes of at least 4 members (excludes halogenated alkanes) is 1. The van der Waals surface area contributed by atoms with Crippen LogP contribution in [0.3, 0.4) is 0 Å². The normalized spacial score (nSPS) is 11.5. The van der Waals surface area contributed by atoms with Gasteiger partial charge < -0.3 is 0 Å². The molecule has 0 radical (unpaired) electrons. The van der Waals surface area contributed by atoms with Gasteiger partial charge in [0.15, 0.2) is 0 Å². The quantitative estimate of drug-likeness (QED) is 0.652. The summed E-state index contributed by atoms with van der Waals surface area (Å²) < 4.78 is 2.01. The van der Waals surface area contributed by atoms with Crippen LogP contribution in [0.1, 0.15) is 60.3 Å². The van der Waals surface area contributed by atoms with Crippen molar-refractivity contribution in [3.05, 3.63) is 57.9 Å². The Morgan fingerprint density at radius 3 is 2.32 bits per heavy atom. The van der Waals surface area contributed by atoms with Gasteiger partial charge in [0.2, 0.25) is 0 Å². The summed E-state index contributed by atoms with van der Waals surface area (Å²) in [5.41, 5.74) is 7.88. The van der Waals surface area contributed by atoms with Crippen LogP contribution in [0.4, 0.5) is 0 Å². The fourth-order valence-electron chi connectivity index (χ4n) is 3.02. The minimum Gasteiger partial charge on any atom is -0.243 e. The molecule has 0 bridgehead atoms. The third-order valence-corrected chi connectivity index (χ3v) is 4.22. The number of aromatic nitrogens is 1. The predicted molar refractivity (Wildman–Crippen MR) is 96.1 cm³/mol. The van der Waals surface area contributed by atoms with Crippen molar-refractivity contribution in [3.8, 4) is 0 Å². The summed E-state index contributed by atoms with van der Waals surface area (Å²) in [5, 5.41) is 4.70. The van der Waals surface area contributed by atoms with Crippen molar-refractivity contribution in [3.63, 3.8) is 0 Å². The zero-order chi connectivity index (χ0) is 16.1. The van der Waals surface area contributed by atoms with E-state index in [0.29, 0.717) is 0 Å². The molecule has 1 aromatic carbocycles. The third kappa shape index (κ3) is 3.68. The molecule has 118 valence electrons. The molecule has 0 saturated heterocycles. The first-order chi connectivity index (χ1) is 10.6. The second-order valence-corrected chi connectivity index (χ2v) is 6.12. The molecule has 0 aliphatic carbocycles. The van der Waals surface area contributed by atoms with Gasteiger partial charge in [0.05, 0.1) is 6.21 Å². The highest BCUT2D eigenvalue weighted by molar-refractivity contribution is 5.82. The van der Waals surface area contributed by atoms with E-state index in [0.717, 1.165) is 6.42 Å². The minimum atomic E-state index is 1.06. The van der Waals surface area contributed by atoms with Gasteiger partial charge in [-0.2, -0.15) is 5.10 Å². The Bertz CT molecular complexity index is 643. The van der Waals surface area contributed by atoms with Crippen LogP contribution in [-0.4, -0.2) is 10.9 Å². The smallest absolute Gasteiger partial charge is 0.0554 e. The van der Waals surface area contributed by atoms with Gasteiger partial charge in [0.1, 0.15) is 0 Å². The molecule has 0 spiro atoms. The maximum atomic E-state index is 4.70. The lowest BCUT2D eigenvalue weighted by Gasteiger charge is -2.13. The molecule has 0 saturated carbocycles. The summed E-state index contributed by atoms with van der Waals surface area (Å²) in [5.74, 6) is 0. The molecule has 2 rings (SSSR count). The lowest BCUT2D eigenvalue weighted by Crippen LogP contribution is -2.02. The molecular formula is C20H28N2. The second-order valence-electron chi connectivity index (χ2n) is 6.12. The Morgan fingerprint density at radius 2 is 1.73 bits per heavy atom. The van der Waals surface area contributed by atoms with E-state index in [1.165, 1.54) is 52.9 Å². The van der Waals surface area contributed by atoms with E-state index >= 15 is 0 Å². The zero-order valence-corrected chi connectivity index (χ0v) is 14.6. The molecule has 0 unspecified atom stereocenters. The van der Waals surface area contributed by atoms with E-state index in [9.17, 15) is 0 Å². The van der Waals surface area contributed by atoms with Gasteiger partial charge in [0.25, 0.3) is 0 Å². The van der Waals surface area contributed by atoms with Gasteiger partial charge in [-0.3, -0.25) is 0 Å². The standard InChI is InChI=1S/C20H28N2/c1-6-8-9-18-12-15(3)13-19(20(18)7-2)14-21-22-16(4)10-11-17(22)5/h10-14H,6-9H2,1-5H3/b21-14+. The van der Waals surface area contributed by atoms with Crippen LogP contribution in [0.2, 0.25) is 0 Å². The van der Waals surface area contributed by atoms with E-state index < -0.39 is 0 Å². The van der Waals surface area contributed by atoms with E-state index in [4.69, 9.17) is 5.10 Å². The van der Waals surface area contributed by atoms with E-state index in [1.54, 1.807) is 0 Å². The molecule has 0 aliphatic rings. The molecule has 1 aromatic heterocycles. The van der Waals surface area contributed by atoms with Crippen molar-refractivity contribution < 1.29 is 0 Å². The van der Waals surface area contributed by atoms with Crippen molar-refractivity contribution in [2.75, 3.05) is 0 Å². The van der Waals surface area contributed by atoms with Crippen LogP contribution < -0.4 is 0 Å². The topological polar surface area (TPSA) is 17.3 Å². The molecule has 2 nitrogen and oxygen atoms in total. The summed E-state index contributed by atoms with van der Waals surface area (Å²) in [6, 6.07) is 8.82. The molecule has 22 heavy (non-hydrogen) atoms. The number of aryl methyl sites for hydroxylation is 4. The van der Waals surface area contributed by atoms with Crippen LogP contribution in [0, 0.1) is 20.8 Å². The van der Waals surface area contributed by atoms with E-state index in [1.807, 2.05) is 10.9 Å². The number of hydrogen-bond donors (Lipinski definition) is 0. The monoisotopic (exact) mass is 296 g/mol. The first kappa shape index (κ1) is 16.5. The number of rotatable bonds is 6. The molecule has 0 N–H and O–H groups in total. The van der Waals surface area contributed by atoms with Crippen molar-refractivity contribution >= 4 is 6.21 Å². The zero-order valence-electron chi connectivity index (χ0n) is 14.6. The van der Waals surface area contributed by atoms with Crippen LogP contribution in [-0.2, 0) is 12.8 Å². The lowest BCUT2D eigenvalue weighted by atomic mass is 9.93.